The van der Waals surface area contributed by atoms with Crippen molar-refractivity contribution in [3.05, 3.63) is 79.8 Å². The Kier molecular flexibility index (Phi) is 4.37. The first-order chi connectivity index (χ1) is 12.4. The molecule has 4 rings (SSSR count). The van der Waals surface area contributed by atoms with E-state index in [1.54, 1.807) is 0 Å². The Labute approximate surface area is 146 Å². The van der Waals surface area contributed by atoms with E-state index in [9.17, 15) is 0 Å². The Balaban J connectivity index is 1.48. The smallest absolute Gasteiger partial charge is 0.139 e. The highest BCUT2D eigenvalue weighted by atomic mass is 15.1. The van der Waals surface area contributed by atoms with Crippen LogP contribution >= 0.6 is 0 Å². The fourth-order valence-electron chi connectivity index (χ4n) is 2.92. The van der Waals surface area contributed by atoms with Crippen molar-refractivity contribution in [2.24, 2.45) is 0 Å². The third-order valence-corrected chi connectivity index (χ3v) is 4.19. The number of benzene rings is 1. The van der Waals surface area contributed by atoms with E-state index in [1.165, 1.54) is 0 Å². The second kappa shape index (κ2) is 7.13. The van der Waals surface area contributed by atoms with Gasteiger partial charge >= 0.3 is 0 Å². The monoisotopic (exact) mass is 329 g/mol. The number of pyridine rings is 1. The summed E-state index contributed by atoms with van der Waals surface area (Å²) in [5, 5.41) is 0. The summed E-state index contributed by atoms with van der Waals surface area (Å²) in [6.07, 6.45) is 12.4. The maximum Gasteiger partial charge on any atom is 0.139 e. The summed E-state index contributed by atoms with van der Waals surface area (Å²) >= 11 is 0. The van der Waals surface area contributed by atoms with Gasteiger partial charge in [-0.25, -0.2) is 9.97 Å². The average molecular weight is 329 g/mol. The standard InChI is InChI=1S/C20H19N5/c1-2-9-22-19(4-1)17-5-7-18(8-6-17)20-23-11-15-25(20)13-3-12-24-14-10-21-16-24/h1-2,4-11,14-16H,3,12-13H2. The molecule has 5 nitrogen and oxygen atoms in total. The lowest BCUT2D eigenvalue weighted by atomic mass is 10.1. The third-order valence-electron chi connectivity index (χ3n) is 4.19. The third kappa shape index (κ3) is 3.50. The fraction of sp³-hybridized carbons (Fsp3) is 0.150. The zero-order valence-corrected chi connectivity index (χ0v) is 13.9. The number of imidazole rings is 2. The van der Waals surface area contributed by atoms with E-state index in [0.29, 0.717) is 0 Å². The summed E-state index contributed by atoms with van der Waals surface area (Å²) in [5.74, 6) is 0.998. The minimum Gasteiger partial charge on any atom is -0.337 e. The van der Waals surface area contributed by atoms with Gasteiger partial charge in [-0.2, -0.15) is 0 Å². The summed E-state index contributed by atoms with van der Waals surface area (Å²) in [7, 11) is 0. The van der Waals surface area contributed by atoms with Crippen LogP contribution in [-0.4, -0.2) is 24.1 Å². The summed E-state index contributed by atoms with van der Waals surface area (Å²) in [5.41, 5.74) is 3.22. The van der Waals surface area contributed by atoms with Crippen molar-refractivity contribution < 1.29 is 0 Å². The van der Waals surface area contributed by atoms with Crippen LogP contribution in [0.5, 0.6) is 0 Å². The fourth-order valence-corrected chi connectivity index (χ4v) is 2.92. The largest absolute Gasteiger partial charge is 0.337 e. The molecule has 0 bridgehead atoms. The van der Waals surface area contributed by atoms with Gasteiger partial charge in [-0.1, -0.05) is 30.3 Å². The molecule has 0 unspecified atom stereocenters. The molecule has 3 aromatic heterocycles. The van der Waals surface area contributed by atoms with E-state index in [1.807, 2.05) is 55.5 Å². The second-order valence-corrected chi connectivity index (χ2v) is 5.89. The molecule has 0 fully saturated rings. The molecule has 0 amide bonds. The van der Waals surface area contributed by atoms with Gasteiger partial charge in [0.15, 0.2) is 0 Å². The lowest BCUT2D eigenvalue weighted by Crippen LogP contribution is -2.03. The Bertz CT molecular complexity index is 908. The average Bonchev–Trinajstić information content (AvgIpc) is 3.35. The molecule has 5 heteroatoms. The molecule has 0 aliphatic carbocycles. The number of aryl methyl sites for hydroxylation is 2. The summed E-state index contributed by atoms with van der Waals surface area (Å²) in [6.45, 7) is 1.88. The Morgan fingerprint density at radius 2 is 1.64 bits per heavy atom. The maximum absolute atomic E-state index is 4.53. The highest BCUT2D eigenvalue weighted by molar-refractivity contribution is 5.65. The number of rotatable bonds is 6. The van der Waals surface area contributed by atoms with Crippen LogP contribution < -0.4 is 0 Å². The molecule has 3 heterocycles. The van der Waals surface area contributed by atoms with E-state index < -0.39 is 0 Å². The van der Waals surface area contributed by atoms with E-state index in [2.05, 4.69) is 48.4 Å². The molecular weight excluding hydrogens is 310 g/mol. The van der Waals surface area contributed by atoms with Gasteiger partial charge < -0.3 is 9.13 Å². The number of nitrogens with zero attached hydrogens (tertiary/aromatic N) is 5. The van der Waals surface area contributed by atoms with Gasteiger partial charge in [0.2, 0.25) is 0 Å². The van der Waals surface area contributed by atoms with Crippen LogP contribution in [0.2, 0.25) is 0 Å². The van der Waals surface area contributed by atoms with E-state index >= 15 is 0 Å². The Morgan fingerprint density at radius 3 is 2.40 bits per heavy atom. The van der Waals surface area contributed by atoms with Gasteiger partial charge in [-0.05, 0) is 18.6 Å². The van der Waals surface area contributed by atoms with Gasteiger partial charge in [-0.15, -0.1) is 0 Å². The molecule has 0 aliphatic heterocycles. The predicted octanol–water partition coefficient (Wildman–Crippen LogP) is 3.90. The van der Waals surface area contributed by atoms with Crippen LogP contribution in [-0.2, 0) is 13.1 Å². The molecule has 0 N–H and O–H groups in total. The normalized spacial score (nSPS) is 10.9. The highest BCUT2D eigenvalue weighted by Crippen LogP contribution is 2.23. The Morgan fingerprint density at radius 1 is 0.760 bits per heavy atom. The van der Waals surface area contributed by atoms with Gasteiger partial charge in [-0.3, -0.25) is 4.98 Å². The molecule has 0 saturated carbocycles. The first kappa shape index (κ1) is 15.3. The van der Waals surface area contributed by atoms with Crippen molar-refractivity contribution in [3.63, 3.8) is 0 Å². The minimum absolute atomic E-state index is 0.926. The van der Waals surface area contributed by atoms with Crippen molar-refractivity contribution in [1.82, 2.24) is 24.1 Å². The number of aromatic nitrogens is 5. The molecule has 0 spiro atoms. The van der Waals surface area contributed by atoms with Crippen LogP contribution in [0.15, 0.2) is 79.8 Å². The summed E-state index contributed by atoms with van der Waals surface area (Å²) < 4.78 is 4.30. The molecule has 4 aromatic rings. The topological polar surface area (TPSA) is 48.5 Å². The van der Waals surface area contributed by atoms with Crippen LogP contribution in [0.3, 0.4) is 0 Å². The van der Waals surface area contributed by atoms with Gasteiger partial charge in [0.1, 0.15) is 5.82 Å². The highest BCUT2D eigenvalue weighted by Gasteiger charge is 2.07. The maximum atomic E-state index is 4.53. The molecule has 124 valence electrons. The van der Waals surface area contributed by atoms with E-state index in [-0.39, 0.29) is 0 Å². The van der Waals surface area contributed by atoms with Crippen molar-refractivity contribution in [2.45, 2.75) is 19.5 Å². The van der Waals surface area contributed by atoms with Gasteiger partial charge in [0.25, 0.3) is 0 Å². The van der Waals surface area contributed by atoms with Crippen LogP contribution in [0.1, 0.15) is 6.42 Å². The molecule has 0 radical (unpaired) electrons. The van der Waals surface area contributed by atoms with Gasteiger partial charge in [0, 0.05) is 55.2 Å². The predicted molar refractivity (Wildman–Crippen MR) is 97.7 cm³/mol. The molecule has 0 atom stereocenters. The molecule has 1 aromatic carbocycles. The van der Waals surface area contributed by atoms with E-state index in [4.69, 9.17) is 0 Å². The zero-order chi connectivity index (χ0) is 16.9. The quantitative estimate of drug-likeness (QED) is 0.539. The van der Waals surface area contributed by atoms with Crippen molar-refractivity contribution in [2.75, 3.05) is 0 Å². The second-order valence-electron chi connectivity index (χ2n) is 5.89. The first-order valence-corrected chi connectivity index (χ1v) is 8.39. The molecule has 0 aliphatic rings. The zero-order valence-electron chi connectivity index (χ0n) is 13.9. The number of hydrogen-bond donors (Lipinski definition) is 0. The van der Waals surface area contributed by atoms with Crippen molar-refractivity contribution in [1.29, 1.82) is 0 Å². The first-order valence-electron chi connectivity index (χ1n) is 8.39. The Hall–Kier alpha value is -3.21. The summed E-state index contributed by atoms with van der Waals surface area (Å²) in [4.78, 5) is 13.0. The lowest BCUT2D eigenvalue weighted by Gasteiger charge is -2.09. The van der Waals surface area contributed by atoms with Crippen LogP contribution in [0, 0.1) is 0 Å². The van der Waals surface area contributed by atoms with Crippen molar-refractivity contribution in [3.8, 4) is 22.6 Å². The summed E-state index contributed by atoms with van der Waals surface area (Å²) in [6, 6.07) is 14.4. The molecular formula is C20H19N5. The van der Waals surface area contributed by atoms with Crippen LogP contribution in [0.4, 0.5) is 0 Å². The SMILES string of the molecule is c1ccc(-c2ccc(-c3nccn3CCCn3ccnc3)cc2)nc1. The lowest BCUT2D eigenvalue weighted by molar-refractivity contribution is 0.566. The number of hydrogen-bond acceptors (Lipinski definition) is 3. The minimum atomic E-state index is 0.926. The van der Waals surface area contributed by atoms with Crippen molar-refractivity contribution >= 4 is 0 Å². The molecule has 25 heavy (non-hydrogen) atoms. The molecule has 0 saturated heterocycles. The van der Waals surface area contributed by atoms with Gasteiger partial charge in [0.05, 0.1) is 12.0 Å². The van der Waals surface area contributed by atoms with E-state index in [0.717, 1.165) is 42.2 Å². The van der Waals surface area contributed by atoms with Crippen LogP contribution in [0.25, 0.3) is 22.6 Å².